The van der Waals surface area contributed by atoms with Gasteiger partial charge in [-0.1, -0.05) is 39.0 Å². The Morgan fingerprint density at radius 3 is 2.53 bits per heavy atom. The van der Waals surface area contributed by atoms with Crippen LogP contribution in [0.2, 0.25) is 0 Å². The average molecular weight is 426 g/mol. The van der Waals surface area contributed by atoms with E-state index in [1.807, 2.05) is 51.1 Å². The number of ketones is 1. The molecule has 156 valence electrons. The van der Waals surface area contributed by atoms with E-state index >= 15 is 0 Å². The maximum atomic E-state index is 12.3. The SMILES string of the molecule is CC(C)(C)C(=O)NCc1ccc(C(=O)COC(=O)c2cnn(-c3ccccc3)c2)s1. The van der Waals surface area contributed by atoms with Gasteiger partial charge in [-0.05, 0) is 24.3 Å². The van der Waals surface area contributed by atoms with Crippen LogP contribution in [0.1, 0.15) is 45.7 Å². The van der Waals surface area contributed by atoms with E-state index in [0.29, 0.717) is 11.4 Å². The van der Waals surface area contributed by atoms with Crippen LogP contribution in [0, 0.1) is 5.41 Å². The minimum atomic E-state index is -0.611. The first-order chi connectivity index (χ1) is 14.2. The molecule has 0 aliphatic heterocycles. The second-order valence-corrected chi connectivity index (χ2v) is 8.88. The molecular formula is C22H23N3O4S. The number of Topliss-reactive ketones (excluding diaryl/α,β-unsaturated/α-hetero) is 1. The Bertz CT molecular complexity index is 1050. The number of ether oxygens (including phenoxy) is 1. The number of para-hydroxylation sites is 1. The predicted molar refractivity (Wildman–Crippen MR) is 114 cm³/mol. The minimum Gasteiger partial charge on any atom is -0.454 e. The number of esters is 1. The summed E-state index contributed by atoms with van der Waals surface area (Å²) < 4.78 is 6.71. The van der Waals surface area contributed by atoms with Crippen LogP contribution in [0.4, 0.5) is 0 Å². The zero-order valence-electron chi connectivity index (χ0n) is 17.0. The van der Waals surface area contributed by atoms with Gasteiger partial charge in [-0.2, -0.15) is 5.10 Å². The first kappa shape index (κ1) is 21.4. The summed E-state index contributed by atoms with van der Waals surface area (Å²) in [6.07, 6.45) is 2.96. The Morgan fingerprint density at radius 1 is 1.10 bits per heavy atom. The van der Waals surface area contributed by atoms with Crippen molar-refractivity contribution in [2.45, 2.75) is 27.3 Å². The molecule has 3 aromatic rings. The van der Waals surface area contributed by atoms with Gasteiger partial charge in [-0.3, -0.25) is 9.59 Å². The summed E-state index contributed by atoms with van der Waals surface area (Å²) in [6.45, 7) is 5.51. The zero-order valence-corrected chi connectivity index (χ0v) is 17.9. The van der Waals surface area contributed by atoms with Crippen LogP contribution in [0.5, 0.6) is 0 Å². The van der Waals surface area contributed by atoms with Gasteiger partial charge in [-0.15, -0.1) is 11.3 Å². The van der Waals surface area contributed by atoms with Crippen molar-refractivity contribution in [3.05, 3.63) is 70.2 Å². The Hall–Kier alpha value is -3.26. The maximum absolute atomic E-state index is 12.3. The summed E-state index contributed by atoms with van der Waals surface area (Å²) in [7, 11) is 0. The van der Waals surface area contributed by atoms with Gasteiger partial charge in [-0.25, -0.2) is 9.48 Å². The zero-order chi connectivity index (χ0) is 21.7. The van der Waals surface area contributed by atoms with Crippen molar-refractivity contribution < 1.29 is 19.1 Å². The van der Waals surface area contributed by atoms with Gasteiger partial charge >= 0.3 is 5.97 Å². The molecule has 30 heavy (non-hydrogen) atoms. The fraction of sp³-hybridized carbons (Fsp3) is 0.273. The van der Waals surface area contributed by atoms with Gasteiger partial charge in [0, 0.05) is 16.5 Å². The van der Waals surface area contributed by atoms with Crippen molar-refractivity contribution in [2.24, 2.45) is 5.41 Å². The first-order valence-electron chi connectivity index (χ1n) is 9.41. The highest BCUT2D eigenvalue weighted by atomic mass is 32.1. The molecular weight excluding hydrogens is 402 g/mol. The molecule has 0 saturated carbocycles. The highest BCUT2D eigenvalue weighted by Gasteiger charge is 2.21. The molecule has 3 rings (SSSR count). The smallest absolute Gasteiger partial charge is 0.341 e. The summed E-state index contributed by atoms with van der Waals surface area (Å²) >= 11 is 1.27. The molecule has 0 atom stereocenters. The van der Waals surface area contributed by atoms with Gasteiger partial charge in [0.2, 0.25) is 11.7 Å². The Balaban J connectivity index is 1.52. The topological polar surface area (TPSA) is 90.3 Å². The highest BCUT2D eigenvalue weighted by molar-refractivity contribution is 7.14. The number of thiophene rings is 1. The normalized spacial score (nSPS) is 11.2. The van der Waals surface area contributed by atoms with Crippen molar-refractivity contribution >= 4 is 29.0 Å². The first-order valence-corrected chi connectivity index (χ1v) is 10.2. The van der Waals surface area contributed by atoms with Crippen molar-refractivity contribution in [3.63, 3.8) is 0 Å². The van der Waals surface area contributed by atoms with E-state index in [1.165, 1.54) is 17.5 Å². The van der Waals surface area contributed by atoms with Crippen LogP contribution >= 0.6 is 11.3 Å². The number of amides is 1. The molecule has 0 aliphatic rings. The molecule has 0 saturated heterocycles. The Labute approximate surface area is 178 Å². The fourth-order valence-electron chi connectivity index (χ4n) is 2.49. The second-order valence-electron chi connectivity index (χ2n) is 7.71. The van der Waals surface area contributed by atoms with Gasteiger partial charge in [0.25, 0.3) is 0 Å². The molecule has 0 unspecified atom stereocenters. The summed E-state index contributed by atoms with van der Waals surface area (Å²) in [6, 6.07) is 12.8. The molecule has 0 spiro atoms. The predicted octanol–water partition coefficient (Wildman–Crippen LogP) is 3.64. The van der Waals surface area contributed by atoms with E-state index in [1.54, 1.807) is 23.0 Å². The number of carbonyl (C=O) groups excluding carboxylic acids is 3. The quantitative estimate of drug-likeness (QED) is 0.461. The van der Waals surface area contributed by atoms with Crippen LogP contribution in [0.15, 0.2) is 54.9 Å². The van der Waals surface area contributed by atoms with Crippen LogP contribution in [-0.2, 0) is 16.1 Å². The van der Waals surface area contributed by atoms with Crippen LogP contribution in [-0.4, -0.2) is 34.0 Å². The number of nitrogens with one attached hydrogen (secondary N) is 1. The molecule has 1 amide bonds. The molecule has 8 heteroatoms. The number of carbonyl (C=O) groups is 3. The number of hydrogen-bond acceptors (Lipinski definition) is 6. The third-order valence-corrected chi connectivity index (χ3v) is 5.34. The van der Waals surface area contributed by atoms with Crippen molar-refractivity contribution in [1.82, 2.24) is 15.1 Å². The molecule has 2 heterocycles. The average Bonchev–Trinajstić information content (AvgIpc) is 3.40. The maximum Gasteiger partial charge on any atom is 0.341 e. The molecule has 0 fully saturated rings. The largest absolute Gasteiger partial charge is 0.454 e. The van der Waals surface area contributed by atoms with Crippen LogP contribution in [0.25, 0.3) is 5.69 Å². The third-order valence-electron chi connectivity index (χ3n) is 4.21. The number of aromatic nitrogens is 2. The lowest BCUT2D eigenvalue weighted by molar-refractivity contribution is -0.128. The molecule has 0 aliphatic carbocycles. The van der Waals surface area contributed by atoms with Gasteiger partial charge in [0.05, 0.1) is 28.9 Å². The second kappa shape index (κ2) is 9.04. The van der Waals surface area contributed by atoms with E-state index in [-0.39, 0.29) is 23.9 Å². The van der Waals surface area contributed by atoms with Crippen molar-refractivity contribution in [3.8, 4) is 5.69 Å². The van der Waals surface area contributed by atoms with Crippen molar-refractivity contribution in [1.29, 1.82) is 0 Å². The van der Waals surface area contributed by atoms with E-state index in [9.17, 15) is 14.4 Å². The third kappa shape index (κ3) is 5.42. The van der Waals surface area contributed by atoms with Crippen LogP contribution < -0.4 is 5.32 Å². The van der Waals surface area contributed by atoms with E-state index in [2.05, 4.69) is 10.4 Å². The molecule has 1 N–H and O–H groups in total. The number of benzene rings is 1. The lowest BCUT2D eigenvalue weighted by Gasteiger charge is -2.17. The molecule has 1 aromatic carbocycles. The summed E-state index contributed by atoms with van der Waals surface area (Å²) in [5.74, 6) is -0.967. The molecule has 7 nitrogen and oxygen atoms in total. The molecule has 0 bridgehead atoms. The fourth-order valence-corrected chi connectivity index (χ4v) is 3.36. The minimum absolute atomic E-state index is 0.0613. The van der Waals surface area contributed by atoms with Gasteiger partial charge in [0.15, 0.2) is 6.61 Å². The number of nitrogens with zero attached hydrogens (tertiary/aromatic N) is 2. The monoisotopic (exact) mass is 425 g/mol. The number of rotatable bonds is 7. The highest BCUT2D eigenvalue weighted by Crippen LogP contribution is 2.19. The Morgan fingerprint density at radius 2 is 1.83 bits per heavy atom. The summed E-state index contributed by atoms with van der Waals surface area (Å²) in [5, 5.41) is 6.99. The van der Waals surface area contributed by atoms with Gasteiger partial charge in [0.1, 0.15) is 0 Å². The number of hydrogen-bond donors (Lipinski definition) is 1. The summed E-state index contributed by atoms with van der Waals surface area (Å²) in [5.41, 5.74) is 0.610. The van der Waals surface area contributed by atoms with Gasteiger partial charge < -0.3 is 10.1 Å². The summed E-state index contributed by atoms with van der Waals surface area (Å²) in [4.78, 5) is 37.8. The van der Waals surface area contributed by atoms with E-state index in [0.717, 1.165) is 10.6 Å². The molecule has 0 radical (unpaired) electrons. The Kier molecular flexibility index (Phi) is 6.47. The lowest BCUT2D eigenvalue weighted by Crippen LogP contribution is -2.34. The van der Waals surface area contributed by atoms with E-state index < -0.39 is 11.4 Å². The standard InChI is InChI=1S/C22H23N3O4S/c1-22(2,3)21(28)23-12-17-9-10-19(30-17)18(26)14-29-20(27)15-11-24-25(13-15)16-7-5-4-6-8-16/h4-11,13H,12,14H2,1-3H3,(H,23,28). The van der Waals surface area contributed by atoms with Crippen molar-refractivity contribution in [2.75, 3.05) is 6.61 Å². The van der Waals surface area contributed by atoms with Crippen LogP contribution in [0.3, 0.4) is 0 Å². The molecule has 2 aromatic heterocycles. The van der Waals surface area contributed by atoms with E-state index in [4.69, 9.17) is 4.74 Å². The lowest BCUT2D eigenvalue weighted by atomic mass is 9.96.